The quantitative estimate of drug-likeness (QED) is 0.579. The zero-order chi connectivity index (χ0) is 18.1. The van der Waals surface area contributed by atoms with Gasteiger partial charge in [-0.2, -0.15) is 0 Å². The summed E-state index contributed by atoms with van der Waals surface area (Å²) in [5.41, 5.74) is 2.77. The molecule has 1 N–H and O–H groups in total. The van der Waals surface area contributed by atoms with Crippen molar-refractivity contribution in [2.75, 3.05) is 18.5 Å². The lowest BCUT2D eigenvalue weighted by molar-refractivity contribution is -0.120. The van der Waals surface area contributed by atoms with Gasteiger partial charge in [-0.05, 0) is 54.3 Å². The van der Waals surface area contributed by atoms with E-state index >= 15 is 0 Å². The van der Waals surface area contributed by atoms with Gasteiger partial charge in [0, 0.05) is 5.69 Å². The highest BCUT2D eigenvalue weighted by molar-refractivity contribution is 5.92. The molecule has 0 bridgehead atoms. The second-order valence-electron chi connectivity index (χ2n) is 5.80. The van der Waals surface area contributed by atoms with Gasteiger partial charge < -0.3 is 14.9 Å². The molecular formula is C20H24N2O3. The summed E-state index contributed by atoms with van der Waals surface area (Å²) >= 11 is 0. The van der Waals surface area contributed by atoms with E-state index in [1.165, 1.54) is 0 Å². The van der Waals surface area contributed by atoms with Crippen LogP contribution in [0.4, 0.5) is 5.69 Å². The molecule has 0 atom stereocenters. The monoisotopic (exact) mass is 340 g/mol. The Balaban J connectivity index is 1.82. The van der Waals surface area contributed by atoms with Crippen LogP contribution in [0, 0.1) is 0 Å². The van der Waals surface area contributed by atoms with Crippen molar-refractivity contribution in [3.8, 4) is 5.75 Å². The maximum Gasteiger partial charge on any atom is 0.265 e. The molecule has 0 aliphatic rings. The summed E-state index contributed by atoms with van der Waals surface area (Å²) in [4.78, 5) is 17.1. The molecule has 0 aromatic heterocycles. The van der Waals surface area contributed by atoms with Crippen molar-refractivity contribution >= 4 is 17.8 Å². The number of carbonyl (C=O) groups is 1. The van der Waals surface area contributed by atoms with Crippen LogP contribution in [0.1, 0.15) is 37.8 Å². The zero-order valence-corrected chi connectivity index (χ0v) is 14.9. The van der Waals surface area contributed by atoms with Crippen LogP contribution in [-0.4, -0.2) is 25.3 Å². The summed E-state index contributed by atoms with van der Waals surface area (Å²) in [6, 6.07) is 15.2. The van der Waals surface area contributed by atoms with Crippen molar-refractivity contribution in [1.29, 1.82) is 0 Å². The summed E-state index contributed by atoms with van der Waals surface area (Å²) in [7, 11) is 0. The highest BCUT2D eigenvalue weighted by Gasteiger charge is 2.09. The van der Waals surface area contributed by atoms with E-state index in [2.05, 4.69) is 24.3 Å². The summed E-state index contributed by atoms with van der Waals surface area (Å²) in [6.07, 6.45) is 1.56. The molecule has 1 amide bonds. The molecule has 0 radical (unpaired) electrons. The van der Waals surface area contributed by atoms with Gasteiger partial charge in [0.25, 0.3) is 5.91 Å². The van der Waals surface area contributed by atoms with Gasteiger partial charge in [0.1, 0.15) is 5.75 Å². The average Bonchev–Trinajstić information content (AvgIpc) is 2.60. The van der Waals surface area contributed by atoms with Crippen molar-refractivity contribution in [2.24, 2.45) is 5.16 Å². The number of nitrogens with zero attached hydrogens (tertiary/aromatic N) is 1. The van der Waals surface area contributed by atoms with E-state index in [0.29, 0.717) is 12.5 Å². The van der Waals surface area contributed by atoms with E-state index in [9.17, 15) is 4.79 Å². The Morgan fingerprint density at radius 3 is 2.56 bits per heavy atom. The van der Waals surface area contributed by atoms with Crippen LogP contribution in [0.3, 0.4) is 0 Å². The fourth-order valence-corrected chi connectivity index (χ4v) is 2.31. The number of para-hydroxylation sites is 1. The lowest BCUT2D eigenvalue weighted by Crippen LogP contribution is -2.18. The molecule has 0 saturated carbocycles. The first-order valence-electron chi connectivity index (χ1n) is 8.37. The van der Waals surface area contributed by atoms with Crippen LogP contribution in [0.2, 0.25) is 0 Å². The molecule has 5 heteroatoms. The number of hydrogen-bond acceptors (Lipinski definition) is 4. The number of rotatable bonds is 8. The smallest absolute Gasteiger partial charge is 0.265 e. The van der Waals surface area contributed by atoms with Crippen LogP contribution in [0.15, 0.2) is 53.7 Å². The molecule has 132 valence electrons. The minimum Gasteiger partial charge on any atom is -0.494 e. The van der Waals surface area contributed by atoms with E-state index in [0.717, 1.165) is 22.6 Å². The number of hydrogen-bond donors (Lipinski definition) is 1. The molecule has 0 heterocycles. The first kappa shape index (κ1) is 18.5. The molecular weight excluding hydrogens is 316 g/mol. The summed E-state index contributed by atoms with van der Waals surface area (Å²) in [5.74, 6) is 0.899. The Hall–Kier alpha value is -2.82. The van der Waals surface area contributed by atoms with Gasteiger partial charge in [0.2, 0.25) is 0 Å². The molecule has 0 spiro atoms. The number of carbonyl (C=O) groups excluding carboxylic acids is 1. The number of benzene rings is 2. The van der Waals surface area contributed by atoms with E-state index < -0.39 is 0 Å². The van der Waals surface area contributed by atoms with Crippen molar-refractivity contribution in [1.82, 2.24) is 0 Å². The van der Waals surface area contributed by atoms with E-state index in [4.69, 9.17) is 9.57 Å². The van der Waals surface area contributed by atoms with Gasteiger partial charge in [-0.25, -0.2) is 0 Å². The minimum atomic E-state index is -0.239. The third-order valence-corrected chi connectivity index (χ3v) is 3.52. The van der Waals surface area contributed by atoms with Gasteiger partial charge in [-0.1, -0.05) is 37.2 Å². The Morgan fingerprint density at radius 2 is 1.88 bits per heavy atom. The second kappa shape index (κ2) is 9.47. The van der Waals surface area contributed by atoms with Crippen LogP contribution in [0.25, 0.3) is 0 Å². The Kier molecular flexibility index (Phi) is 7.01. The molecule has 5 nitrogen and oxygen atoms in total. The van der Waals surface area contributed by atoms with Gasteiger partial charge in [-0.3, -0.25) is 4.79 Å². The van der Waals surface area contributed by atoms with Crippen molar-refractivity contribution < 1.29 is 14.4 Å². The van der Waals surface area contributed by atoms with Crippen LogP contribution in [0.5, 0.6) is 5.75 Å². The first-order valence-corrected chi connectivity index (χ1v) is 8.37. The molecule has 2 aromatic carbocycles. The maximum atomic E-state index is 12.0. The van der Waals surface area contributed by atoms with Gasteiger partial charge >= 0.3 is 0 Å². The molecule has 25 heavy (non-hydrogen) atoms. The lowest BCUT2D eigenvalue weighted by Gasteiger charge is -2.13. The first-order chi connectivity index (χ1) is 12.1. The van der Waals surface area contributed by atoms with Gasteiger partial charge in [0.05, 0.1) is 12.8 Å². The van der Waals surface area contributed by atoms with Crippen molar-refractivity contribution in [3.63, 3.8) is 0 Å². The molecule has 0 aliphatic carbocycles. The lowest BCUT2D eigenvalue weighted by atomic mass is 10.0. The van der Waals surface area contributed by atoms with Crippen LogP contribution < -0.4 is 10.1 Å². The number of oxime groups is 1. The highest BCUT2D eigenvalue weighted by atomic mass is 16.6. The SMILES string of the molecule is CCOc1ccc(/C=N\OCC(=O)Nc2ccccc2C(C)C)cc1. The van der Waals surface area contributed by atoms with Crippen molar-refractivity contribution in [3.05, 3.63) is 59.7 Å². The van der Waals surface area contributed by atoms with E-state index in [1.807, 2.05) is 55.5 Å². The fraction of sp³-hybridized carbons (Fsp3) is 0.300. The molecule has 0 fully saturated rings. The maximum absolute atomic E-state index is 12.0. The Labute approximate surface area is 148 Å². The number of ether oxygens (including phenoxy) is 1. The predicted octanol–water partition coefficient (Wildman–Crippen LogP) is 4.20. The van der Waals surface area contributed by atoms with Gasteiger partial charge in [0.15, 0.2) is 6.61 Å². The summed E-state index contributed by atoms with van der Waals surface area (Å²) < 4.78 is 5.37. The van der Waals surface area contributed by atoms with E-state index in [1.54, 1.807) is 6.21 Å². The van der Waals surface area contributed by atoms with Crippen LogP contribution in [-0.2, 0) is 9.63 Å². The molecule has 0 aliphatic heterocycles. The van der Waals surface area contributed by atoms with Crippen molar-refractivity contribution in [2.45, 2.75) is 26.7 Å². The third-order valence-electron chi connectivity index (χ3n) is 3.52. The molecule has 0 saturated heterocycles. The topological polar surface area (TPSA) is 59.9 Å². The van der Waals surface area contributed by atoms with E-state index in [-0.39, 0.29) is 12.5 Å². The number of anilines is 1. The molecule has 2 aromatic rings. The second-order valence-corrected chi connectivity index (χ2v) is 5.80. The normalized spacial score (nSPS) is 10.9. The zero-order valence-electron chi connectivity index (χ0n) is 14.9. The number of amides is 1. The standard InChI is InChI=1S/C20H24N2O3/c1-4-24-17-11-9-16(10-12-17)13-21-25-14-20(23)22-19-8-6-5-7-18(19)15(2)3/h5-13,15H,4,14H2,1-3H3,(H,22,23)/b21-13-. The molecule has 0 unspecified atom stereocenters. The largest absolute Gasteiger partial charge is 0.494 e. The highest BCUT2D eigenvalue weighted by Crippen LogP contribution is 2.23. The van der Waals surface area contributed by atoms with Gasteiger partial charge in [-0.15, -0.1) is 0 Å². The number of nitrogens with one attached hydrogen (secondary N) is 1. The summed E-state index contributed by atoms with van der Waals surface area (Å²) in [6.45, 7) is 6.60. The predicted molar refractivity (Wildman–Crippen MR) is 100 cm³/mol. The third kappa shape index (κ3) is 5.95. The Bertz CT molecular complexity index is 709. The Morgan fingerprint density at radius 1 is 1.16 bits per heavy atom. The minimum absolute atomic E-state index is 0.139. The molecule has 2 rings (SSSR count). The van der Waals surface area contributed by atoms with Crippen LogP contribution >= 0.6 is 0 Å². The average molecular weight is 340 g/mol. The summed E-state index contributed by atoms with van der Waals surface area (Å²) in [5, 5.41) is 6.69. The fourth-order valence-electron chi connectivity index (χ4n) is 2.31.